The molecule has 2 aliphatic rings. The van der Waals surface area contributed by atoms with Crippen LogP contribution in [0.2, 0.25) is 0 Å². The lowest BCUT2D eigenvalue weighted by molar-refractivity contribution is -0.141. The Hall–Kier alpha value is -3.44. The Morgan fingerprint density at radius 2 is 1.75 bits per heavy atom. The maximum Gasteiger partial charge on any atom is 0.416 e. The van der Waals surface area contributed by atoms with Crippen LogP contribution in [-0.4, -0.2) is 59.1 Å². The molecule has 5 rings (SSSR count). The van der Waals surface area contributed by atoms with E-state index < -0.39 is 23.8 Å². The number of anilines is 2. The first kappa shape index (κ1) is 28.1. The second-order valence-electron chi connectivity index (χ2n) is 10.3. The van der Waals surface area contributed by atoms with Crippen LogP contribution in [-0.2, 0) is 17.4 Å². The highest BCUT2D eigenvalue weighted by Crippen LogP contribution is 2.37. The molecule has 0 aliphatic carbocycles. The molecule has 2 aliphatic heterocycles. The summed E-state index contributed by atoms with van der Waals surface area (Å²) in [6.45, 7) is 2.39. The van der Waals surface area contributed by atoms with Crippen molar-refractivity contribution in [2.75, 3.05) is 36.4 Å². The summed E-state index contributed by atoms with van der Waals surface area (Å²) in [6, 6.07) is 12.8. The SMILES string of the molecule is O=C(Nc1cc(C(F)(F)F)ccc1N1CCCC1)c1csc(C2CCN(C(=O)[C@H](O)Cc3ccccc3)CC2)n1. The molecule has 2 fully saturated rings. The van der Waals surface area contributed by atoms with Crippen LogP contribution in [0.5, 0.6) is 0 Å². The largest absolute Gasteiger partial charge is 0.416 e. The van der Waals surface area contributed by atoms with E-state index in [4.69, 9.17) is 0 Å². The summed E-state index contributed by atoms with van der Waals surface area (Å²) in [5.74, 6) is -0.800. The van der Waals surface area contributed by atoms with Gasteiger partial charge in [-0.2, -0.15) is 13.2 Å². The number of rotatable bonds is 7. The minimum Gasteiger partial charge on any atom is -0.383 e. The number of aliphatic hydroxyl groups is 1. The van der Waals surface area contributed by atoms with Gasteiger partial charge in [0.15, 0.2) is 0 Å². The molecule has 212 valence electrons. The molecule has 1 atom stereocenters. The van der Waals surface area contributed by atoms with Crippen molar-refractivity contribution in [3.63, 3.8) is 0 Å². The molecule has 1 aromatic heterocycles. The molecule has 2 amide bonds. The molecule has 3 aromatic rings. The van der Waals surface area contributed by atoms with Crippen molar-refractivity contribution in [2.24, 2.45) is 0 Å². The quantitative estimate of drug-likeness (QED) is 0.400. The fourth-order valence-corrected chi connectivity index (χ4v) is 6.27. The van der Waals surface area contributed by atoms with Crippen molar-refractivity contribution in [1.29, 1.82) is 0 Å². The highest BCUT2D eigenvalue weighted by Gasteiger charge is 2.33. The predicted octanol–water partition coefficient (Wildman–Crippen LogP) is 5.32. The molecule has 0 saturated carbocycles. The third-order valence-corrected chi connectivity index (χ3v) is 8.49. The van der Waals surface area contributed by atoms with E-state index in [1.807, 2.05) is 35.2 Å². The number of amides is 2. The third-order valence-electron chi connectivity index (χ3n) is 7.49. The van der Waals surface area contributed by atoms with Crippen molar-refractivity contribution in [3.8, 4) is 0 Å². The van der Waals surface area contributed by atoms with Gasteiger partial charge in [-0.05, 0) is 49.4 Å². The fourth-order valence-electron chi connectivity index (χ4n) is 5.29. The van der Waals surface area contributed by atoms with Crippen LogP contribution < -0.4 is 10.2 Å². The smallest absolute Gasteiger partial charge is 0.383 e. The molecular weight excluding hydrogens is 541 g/mol. The van der Waals surface area contributed by atoms with E-state index in [0.29, 0.717) is 31.6 Å². The van der Waals surface area contributed by atoms with Gasteiger partial charge in [-0.15, -0.1) is 11.3 Å². The fraction of sp³-hybridized carbons (Fsp3) is 0.414. The molecule has 7 nitrogen and oxygen atoms in total. The molecule has 2 saturated heterocycles. The van der Waals surface area contributed by atoms with E-state index in [1.165, 1.54) is 17.4 Å². The molecule has 0 radical (unpaired) electrons. The van der Waals surface area contributed by atoms with Crippen molar-refractivity contribution in [1.82, 2.24) is 9.88 Å². The standard InChI is InChI=1S/C29H31F3N4O3S/c30-29(31,32)21-8-9-24(35-12-4-5-13-35)22(17-21)33-26(38)23-18-40-27(34-23)20-10-14-36(15-11-20)28(39)25(37)16-19-6-2-1-3-7-19/h1-3,6-9,17-18,20,25,37H,4-5,10-16H2,(H,33,38)/t25-/m1/s1. The molecular formula is C29H31F3N4O3S. The summed E-state index contributed by atoms with van der Waals surface area (Å²) in [5.41, 5.74) is 0.920. The summed E-state index contributed by atoms with van der Waals surface area (Å²) < 4.78 is 40.2. The zero-order valence-electron chi connectivity index (χ0n) is 21.9. The van der Waals surface area contributed by atoms with Crippen LogP contribution in [0.4, 0.5) is 24.5 Å². The Morgan fingerprint density at radius 3 is 2.42 bits per heavy atom. The molecule has 11 heteroatoms. The Kier molecular flexibility index (Phi) is 8.41. The first-order chi connectivity index (χ1) is 19.2. The van der Waals surface area contributed by atoms with Gasteiger partial charge >= 0.3 is 6.18 Å². The van der Waals surface area contributed by atoms with Gasteiger partial charge in [0, 0.05) is 43.9 Å². The molecule has 0 unspecified atom stereocenters. The van der Waals surface area contributed by atoms with Crippen LogP contribution in [0.3, 0.4) is 0 Å². The molecule has 0 spiro atoms. The van der Waals surface area contributed by atoms with E-state index in [9.17, 15) is 27.9 Å². The van der Waals surface area contributed by atoms with E-state index in [1.54, 1.807) is 10.3 Å². The number of piperidine rings is 1. The normalized spacial score (nSPS) is 17.2. The van der Waals surface area contributed by atoms with Crippen molar-refractivity contribution in [2.45, 2.75) is 50.3 Å². The number of carbonyl (C=O) groups excluding carboxylic acids is 2. The topological polar surface area (TPSA) is 85.8 Å². The summed E-state index contributed by atoms with van der Waals surface area (Å²) in [4.78, 5) is 34.0. The van der Waals surface area contributed by atoms with Crippen molar-refractivity contribution < 1.29 is 27.9 Å². The number of nitrogens with zero attached hydrogens (tertiary/aromatic N) is 3. The number of aromatic nitrogens is 1. The van der Waals surface area contributed by atoms with Crippen molar-refractivity contribution in [3.05, 3.63) is 75.7 Å². The lowest BCUT2D eigenvalue weighted by Crippen LogP contribution is -2.44. The average Bonchev–Trinajstić information content (AvgIpc) is 3.66. The zero-order chi connectivity index (χ0) is 28.3. The van der Waals surface area contributed by atoms with Gasteiger partial charge in [0.2, 0.25) is 0 Å². The maximum atomic E-state index is 13.4. The van der Waals surface area contributed by atoms with Gasteiger partial charge in [0.25, 0.3) is 11.8 Å². The number of likely N-dealkylation sites (tertiary alicyclic amines) is 1. The number of halogens is 3. The monoisotopic (exact) mass is 572 g/mol. The molecule has 3 heterocycles. The number of aliphatic hydroxyl groups excluding tert-OH is 1. The Balaban J connectivity index is 1.21. The van der Waals surface area contributed by atoms with Crippen LogP contribution in [0, 0.1) is 0 Å². The summed E-state index contributed by atoms with van der Waals surface area (Å²) in [7, 11) is 0. The number of benzene rings is 2. The summed E-state index contributed by atoms with van der Waals surface area (Å²) in [6.07, 6.45) is -2.19. The summed E-state index contributed by atoms with van der Waals surface area (Å²) >= 11 is 1.33. The summed E-state index contributed by atoms with van der Waals surface area (Å²) in [5, 5.41) is 15.5. The molecule has 2 N–H and O–H groups in total. The number of carbonyl (C=O) groups is 2. The Labute approximate surface area is 234 Å². The Bertz CT molecular complexity index is 1330. The highest BCUT2D eigenvalue weighted by molar-refractivity contribution is 7.10. The molecule has 40 heavy (non-hydrogen) atoms. The zero-order valence-corrected chi connectivity index (χ0v) is 22.7. The number of thiazole rings is 1. The third kappa shape index (κ3) is 6.47. The van der Waals surface area contributed by atoms with Crippen LogP contribution in [0.1, 0.15) is 58.2 Å². The van der Waals surface area contributed by atoms with E-state index in [0.717, 1.165) is 48.6 Å². The highest BCUT2D eigenvalue weighted by atomic mass is 32.1. The van der Waals surface area contributed by atoms with Crippen LogP contribution in [0.15, 0.2) is 53.9 Å². The molecule has 0 bridgehead atoms. The first-order valence-electron chi connectivity index (χ1n) is 13.4. The van der Waals surface area contributed by atoms with Gasteiger partial charge in [-0.1, -0.05) is 30.3 Å². The Morgan fingerprint density at radius 1 is 1.05 bits per heavy atom. The predicted molar refractivity (Wildman–Crippen MR) is 148 cm³/mol. The maximum absolute atomic E-state index is 13.4. The second kappa shape index (κ2) is 12.0. The number of nitrogens with one attached hydrogen (secondary N) is 1. The van der Waals surface area contributed by atoms with Gasteiger partial charge in [0.05, 0.1) is 21.9 Å². The lowest BCUT2D eigenvalue weighted by Gasteiger charge is -2.32. The molecule has 2 aromatic carbocycles. The van der Waals surface area contributed by atoms with E-state index in [2.05, 4.69) is 10.3 Å². The minimum atomic E-state index is -4.52. The lowest BCUT2D eigenvalue weighted by atomic mass is 9.96. The van der Waals surface area contributed by atoms with Gasteiger partial charge in [-0.25, -0.2) is 4.98 Å². The van der Waals surface area contributed by atoms with Gasteiger partial charge < -0.3 is 20.2 Å². The van der Waals surface area contributed by atoms with E-state index in [-0.39, 0.29) is 29.6 Å². The van der Waals surface area contributed by atoms with Crippen molar-refractivity contribution >= 4 is 34.5 Å². The number of hydrogen-bond acceptors (Lipinski definition) is 6. The number of alkyl halides is 3. The van der Waals surface area contributed by atoms with Crippen LogP contribution in [0.25, 0.3) is 0 Å². The van der Waals surface area contributed by atoms with Gasteiger partial charge in [0.1, 0.15) is 11.8 Å². The van der Waals surface area contributed by atoms with Gasteiger partial charge in [-0.3, -0.25) is 9.59 Å². The number of hydrogen-bond donors (Lipinski definition) is 2. The minimum absolute atomic E-state index is 0.0515. The first-order valence-corrected chi connectivity index (χ1v) is 14.3. The van der Waals surface area contributed by atoms with Crippen LogP contribution >= 0.6 is 11.3 Å². The average molecular weight is 573 g/mol. The second-order valence-corrected chi connectivity index (χ2v) is 11.1. The van der Waals surface area contributed by atoms with E-state index >= 15 is 0 Å².